The molecule has 0 fully saturated rings. The van der Waals surface area contributed by atoms with E-state index in [1.807, 2.05) is 13.8 Å². The summed E-state index contributed by atoms with van der Waals surface area (Å²) >= 11 is 0. The van der Waals surface area contributed by atoms with Gasteiger partial charge >= 0.3 is 5.97 Å². The van der Waals surface area contributed by atoms with Crippen molar-refractivity contribution in [3.05, 3.63) is 18.0 Å². The Bertz CT molecular complexity index is 373. The lowest BCUT2D eigenvalue weighted by molar-refractivity contribution is -0.142. The smallest absolute Gasteiger partial charge is 0.326 e. The van der Waals surface area contributed by atoms with Gasteiger partial charge in [-0.15, -0.1) is 0 Å². The molecule has 1 rings (SSSR count). The molecule has 1 heterocycles. The second-order valence-electron chi connectivity index (χ2n) is 4.26. The van der Waals surface area contributed by atoms with Gasteiger partial charge < -0.3 is 14.9 Å². The number of aliphatic carboxylic acids is 1. The van der Waals surface area contributed by atoms with Gasteiger partial charge in [-0.1, -0.05) is 19.0 Å². The van der Waals surface area contributed by atoms with Crippen LogP contribution in [0.25, 0.3) is 0 Å². The third-order valence-electron chi connectivity index (χ3n) is 2.17. The summed E-state index contributed by atoms with van der Waals surface area (Å²) in [5.41, 5.74) is 0.483. The molecule has 6 nitrogen and oxygen atoms in total. The second-order valence-corrected chi connectivity index (χ2v) is 4.26. The van der Waals surface area contributed by atoms with Crippen molar-refractivity contribution in [2.45, 2.75) is 32.7 Å². The lowest BCUT2D eigenvalue weighted by Gasteiger charge is -2.15. The van der Waals surface area contributed by atoms with Crippen molar-refractivity contribution in [2.24, 2.45) is 5.92 Å². The van der Waals surface area contributed by atoms with E-state index in [0.717, 1.165) is 0 Å². The summed E-state index contributed by atoms with van der Waals surface area (Å²) in [5.74, 6) is -1.19. The summed E-state index contributed by atoms with van der Waals surface area (Å²) in [7, 11) is 0. The molecule has 0 bridgehead atoms. The highest BCUT2D eigenvalue weighted by Gasteiger charge is 2.21. The van der Waals surface area contributed by atoms with E-state index < -0.39 is 12.0 Å². The fraction of sp³-hybridized carbons (Fsp3) is 0.545. The summed E-state index contributed by atoms with van der Waals surface area (Å²) in [6.45, 7) is 3.81. The zero-order chi connectivity index (χ0) is 12.8. The summed E-state index contributed by atoms with van der Waals surface area (Å²) in [6.07, 6.45) is 1.80. The monoisotopic (exact) mass is 240 g/mol. The van der Waals surface area contributed by atoms with Crippen LogP contribution in [-0.2, 0) is 16.0 Å². The number of nitrogens with zero attached hydrogens (tertiary/aromatic N) is 1. The zero-order valence-corrected chi connectivity index (χ0v) is 9.84. The number of amides is 1. The molecule has 6 heteroatoms. The molecular weight excluding hydrogens is 224 g/mol. The fourth-order valence-corrected chi connectivity index (χ4v) is 1.43. The van der Waals surface area contributed by atoms with Crippen LogP contribution in [0.3, 0.4) is 0 Å². The molecule has 0 saturated carbocycles. The molecule has 2 N–H and O–H groups in total. The Morgan fingerprint density at radius 1 is 1.53 bits per heavy atom. The molecule has 94 valence electrons. The Kier molecular flexibility index (Phi) is 4.68. The Morgan fingerprint density at radius 3 is 2.71 bits per heavy atom. The predicted octanol–water partition coefficient (Wildman–Crippen LogP) is 0.833. The Labute approximate surface area is 99.0 Å². The van der Waals surface area contributed by atoms with E-state index in [0.29, 0.717) is 12.1 Å². The van der Waals surface area contributed by atoms with Gasteiger partial charge in [0, 0.05) is 6.07 Å². The van der Waals surface area contributed by atoms with Crippen molar-refractivity contribution in [3.8, 4) is 0 Å². The zero-order valence-electron chi connectivity index (χ0n) is 9.84. The van der Waals surface area contributed by atoms with Crippen molar-refractivity contribution >= 4 is 11.9 Å². The molecule has 0 unspecified atom stereocenters. The van der Waals surface area contributed by atoms with Gasteiger partial charge in [-0.25, -0.2) is 4.79 Å². The number of hydrogen-bond acceptors (Lipinski definition) is 4. The maximum atomic E-state index is 11.6. The van der Waals surface area contributed by atoms with Gasteiger partial charge in [-0.05, 0) is 12.3 Å². The SMILES string of the molecule is CC(C)C[C@H](NC(=O)Cc1ccon1)C(=O)O. The summed E-state index contributed by atoms with van der Waals surface area (Å²) < 4.78 is 4.59. The Balaban J connectivity index is 2.49. The largest absolute Gasteiger partial charge is 0.480 e. The molecule has 0 aromatic carbocycles. The number of carbonyl (C=O) groups excluding carboxylic acids is 1. The maximum Gasteiger partial charge on any atom is 0.326 e. The minimum absolute atomic E-state index is 0.0262. The van der Waals surface area contributed by atoms with Crippen LogP contribution in [0.15, 0.2) is 16.9 Å². The first-order valence-electron chi connectivity index (χ1n) is 5.40. The Morgan fingerprint density at radius 2 is 2.24 bits per heavy atom. The Hall–Kier alpha value is -1.85. The third-order valence-corrected chi connectivity index (χ3v) is 2.17. The molecule has 0 radical (unpaired) electrons. The number of nitrogens with one attached hydrogen (secondary N) is 1. The molecule has 1 atom stereocenters. The number of carboxylic acid groups (broad SMARTS) is 1. The molecule has 0 aliphatic carbocycles. The van der Waals surface area contributed by atoms with Gasteiger partial charge in [-0.3, -0.25) is 4.79 Å². The van der Waals surface area contributed by atoms with Crippen LogP contribution < -0.4 is 5.32 Å². The fourth-order valence-electron chi connectivity index (χ4n) is 1.43. The minimum atomic E-state index is -1.02. The predicted molar refractivity (Wildman–Crippen MR) is 59.2 cm³/mol. The summed E-state index contributed by atoms with van der Waals surface area (Å²) in [5, 5.41) is 15.0. The lowest BCUT2D eigenvalue weighted by atomic mass is 10.0. The molecule has 1 aromatic rings. The topological polar surface area (TPSA) is 92.4 Å². The number of hydrogen-bond donors (Lipinski definition) is 2. The quantitative estimate of drug-likeness (QED) is 0.768. The van der Waals surface area contributed by atoms with Gasteiger partial charge in [0.05, 0.1) is 12.1 Å². The minimum Gasteiger partial charge on any atom is -0.480 e. The van der Waals surface area contributed by atoms with E-state index in [2.05, 4.69) is 15.0 Å². The summed E-state index contributed by atoms with van der Waals surface area (Å²) in [6, 6.07) is 0.715. The number of carbonyl (C=O) groups is 2. The molecule has 0 spiro atoms. The average Bonchev–Trinajstić information content (AvgIpc) is 2.68. The van der Waals surface area contributed by atoms with E-state index >= 15 is 0 Å². The van der Waals surface area contributed by atoms with Gasteiger partial charge in [-0.2, -0.15) is 0 Å². The molecule has 1 amide bonds. The molecule has 0 aliphatic rings. The maximum absolute atomic E-state index is 11.6. The standard InChI is InChI=1S/C11H16N2O4/c1-7(2)5-9(11(15)16)12-10(14)6-8-3-4-17-13-8/h3-4,7,9H,5-6H2,1-2H3,(H,12,14)(H,15,16)/t9-/m0/s1. The first-order chi connectivity index (χ1) is 7.99. The average molecular weight is 240 g/mol. The highest BCUT2D eigenvalue weighted by molar-refractivity contribution is 5.84. The third kappa shape index (κ3) is 4.67. The van der Waals surface area contributed by atoms with Crippen LogP contribution >= 0.6 is 0 Å². The summed E-state index contributed by atoms with van der Waals surface area (Å²) in [4.78, 5) is 22.5. The second kappa shape index (κ2) is 6.03. The highest BCUT2D eigenvalue weighted by atomic mass is 16.5. The van der Waals surface area contributed by atoms with E-state index in [9.17, 15) is 9.59 Å². The molecule has 17 heavy (non-hydrogen) atoms. The van der Waals surface area contributed by atoms with Crippen LogP contribution in [0.1, 0.15) is 26.0 Å². The van der Waals surface area contributed by atoms with Crippen molar-refractivity contribution in [2.75, 3.05) is 0 Å². The number of aromatic nitrogens is 1. The number of rotatable bonds is 6. The van der Waals surface area contributed by atoms with E-state index in [4.69, 9.17) is 5.11 Å². The molecule has 0 aliphatic heterocycles. The molecule has 0 saturated heterocycles. The van der Waals surface area contributed by atoms with Gasteiger partial charge in [0.25, 0.3) is 0 Å². The van der Waals surface area contributed by atoms with Crippen LogP contribution in [0.4, 0.5) is 0 Å². The van der Waals surface area contributed by atoms with Gasteiger partial charge in [0.15, 0.2) is 0 Å². The molecular formula is C11H16N2O4. The van der Waals surface area contributed by atoms with Gasteiger partial charge in [0.1, 0.15) is 12.3 Å². The van der Waals surface area contributed by atoms with Crippen LogP contribution in [0.5, 0.6) is 0 Å². The first kappa shape index (κ1) is 13.2. The van der Waals surface area contributed by atoms with Crippen molar-refractivity contribution < 1.29 is 19.2 Å². The van der Waals surface area contributed by atoms with Gasteiger partial charge in [0.2, 0.25) is 5.91 Å². The number of carboxylic acids is 1. The van der Waals surface area contributed by atoms with Crippen molar-refractivity contribution in [3.63, 3.8) is 0 Å². The van der Waals surface area contributed by atoms with E-state index in [1.165, 1.54) is 6.26 Å². The first-order valence-corrected chi connectivity index (χ1v) is 5.40. The lowest BCUT2D eigenvalue weighted by Crippen LogP contribution is -2.42. The highest BCUT2D eigenvalue weighted by Crippen LogP contribution is 2.05. The molecule has 1 aromatic heterocycles. The van der Waals surface area contributed by atoms with Crippen molar-refractivity contribution in [1.29, 1.82) is 0 Å². The van der Waals surface area contributed by atoms with Crippen LogP contribution in [-0.4, -0.2) is 28.2 Å². The van der Waals surface area contributed by atoms with E-state index in [1.54, 1.807) is 6.07 Å². The van der Waals surface area contributed by atoms with E-state index in [-0.39, 0.29) is 18.2 Å². The van der Waals surface area contributed by atoms with Crippen LogP contribution in [0, 0.1) is 5.92 Å². The van der Waals surface area contributed by atoms with Crippen molar-refractivity contribution in [1.82, 2.24) is 10.5 Å². The van der Waals surface area contributed by atoms with Crippen LogP contribution in [0.2, 0.25) is 0 Å². The normalized spacial score (nSPS) is 12.4.